The lowest BCUT2D eigenvalue weighted by Crippen LogP contribution is -2.40. The molecule has 1 aromatic carbocycles. The van der Waals surface area contributed by atoms with Crippen LogP contribution in [0.5, 0.6) is 5.75 Å². The van der Waals surface area contributed by atoms with E-state index in [1.165, 1.54) is 32.4 Å². The molecule has 16 heavy (non-hydrogen) atoms. The van der Waals surface area contributed by atoms with Gasteiger partial charge in [0.25, 0.3) is 0 Å². The zero-order valence-electron chi connectivity index (χ0n) is 9.29. The highest BCUT2D eigenvalue weighted by Gasteiger charge is 2.15. The van der Waals surface area contributed by atoms with E-state index in [4.69, 9.17) is 10.5 Å². The van der Waals surface area contributed by atoms with Gasteiger partial charge >= 0.3 is 0 Å². The lowest BCUT2D eigenvalue weighted by atomic mass is 10.0. The van der Waals surface area contributed by atoms with E-state index in [9.17, 15) is 9.18 Å². The number of hydrogen-bond donors (Lipinski definition) is 2. The summed E-state index contributed by atoms with van der Waals surface area (Å²) in [6.07, 6.45) is 0.237. The van der Waals surface area contributed by atoms with Crippen molar-refractivity contribution in [1.29, 1.82) is 0 Å². The van der Waals surface area contributed by atoms with E-state index in [0.29, 0.717) is 11.3 Å². The van der Waals surface area contributed by atoms with Gasteiger partial charge in [-0.05, 0) is 23.8 Å². The minimum atomic E-state index is -0.708. The van der Waals surface area contributed by atoms with Gasteiger partial charge in [-0.1, -0.05) is 0 Å². The Morgan fingerprint density at radius 3 is 2.88 bits per heavy atom. The number of carbonyl (C=O) groups is 1. The van der Waals surface area contributed by atoms with Gasteiger partial charge in [-0.2, -0.15) is 0 Å². The Morgan fingerprint density at radius 1 is 1.62 bits per heavy atom. The highest BCUT2D eigenvalue weighted by atomic mass is 19.1. The van der Waals surface area contributed by atoms with Gasteiger partial charge < -0.3 is 15.8 Å². The first-order valence-electron chi connectivity index (χ1n) is 4.88. The zero-order valence-corrected chi connectivity index (χ0v) is 9.29. The van der Waals surface area contributed by atoms with Gasteiger partial charge in [0.15, 0.2) is 0 Å². The Labute approximate surface area is 93.6 Å². The van der Waals surface area contributed by atoms with E-state index in [0.717, 1.165) is 0 Å². The third-order valence-electron chi connectivity index (χ3n) is 2.27. The van der Waals surface area contributed by atoms with Gasteiger partial charge in [0.2, 0.25) is 5.91 Å². The summed E-state index contributed by atoms with van der Waals surface area (Å²) in [4.78, 5) is 11.2. The molecule has 1 amide bonds. The average Bonchev–Trinajstić information content (AvgIpc) is 2.28. The van der Waals surface area contributed by atoms with E-state index in [-0.39, 0.29) is 18.1 Å². The number of hydrogen-bond acceptors (Lipinski definition) is 3. The molecule has 0 spiro atoms. The van der Waals surface area contributed by atoms with Crippen LogP contribution in [-0.4, -0.2) is 26.1 Å². The van der Waals surface area contributed by atoms with Crippen LogP contribution in [0, 0.1) is 5.82 Å². The molecule has 0 bridgehead atoms. The summed E-state index contributed by atoms with van der Waals surface area (Å²) in [6.45, 7) is 0. The molecule has 4 nitrogen and oxygen atoms in total. The summed E-state index contributed by atoms with van der Waals surface area (Å²) >= 11 is 0. The van der Waals surface area contributed by atoms with Crippen molar-refractivity contribution in [2.24, 2.45) is 5.73 Å². The molecule has 0 aromatic heterocycles. The van der Waals surface area contributed by atoms with Gasteiger partial charge in [0, 0.05) is 13.5 Å². The summed E-state index contributed by atoms with van der Waals surface area (Å²) in [6, 6.07) is 3.43. The third-order valence-corrected chi connectivity index (χ3v) is 2.27. The summed E-state index contributed by atoms with van der Waals surface area (Å²) in [7, 11) is 2.99. The predicted molar refractivity (Wildman–Crippen MR) is 58.7 cm³/mol. The van der Waals surface area contributed by atoms with Crippen molar-refractivity contribution in [2.75, 3.05) is 14.2 Å². The van der Waals surface area contributed by atoms with Crippen molar-refractivity contribution in [1.82, 2.24) is 5.32 Å². The van der Waals surface area contributed by atoms with Crippen LogP contribution in [-0.2, 0) is 11.2 Å². The molecular weight excluding hydrogens is 211 g/mol. The number of halogens is 1. The van der Waals surface area contributed by atoms with Crippen LogP contribution in [0.15, 0.2) is 18.2 Å². The molecule has 0 fully saturated rings. The number of nitrogens with one attached hydrogen (secondary N) is 1. The first-order chi connectivity index (χ1) is 7.58. The van der Waals surface area contributed by atoms with Gasteiger partial charge in [-0.3, -0.25) is 4.79 Å². The molecule has 0 aliphatic carbocycles. The molecule has 1 unspecified atom stereocenters. The Hall–Kier alpha value is -1.62. The second-order valence-electron chi connectivity index (χ2n) is 3.38. The quantitative estimate of drug-likeness (QED) is 0.783. The minimum absolute atomic E-state index is 0.237. The van der Waals surface area contributed by atoms with E-state index >= 15 is 0 Å². The van der Waals surface area contributed by atoms with Crippen LogP contribution < -0.4 is 15.8 Å². The molecule has 88 valence electrons. The van der Waals surface area contributed by atoms with Crippen molar-refractivity contribution >= 4 is 5.91 Å². The smallest absolute Gasteiger partial charge is 0.237 e. The number of carbonyl (C=O) groups excluding carboxylic acids is 1. The lowest BCUT2D eigenvalue weighted by Gasteiger charge is -2.13. The number of amides is 1. The monoisotopic (exact) mass is 226 g/mol. The van der Waals surface area contributed by atoms with Crippen LogP contribution in [0.4, 0.5) is 4.39 Å². The van der Waals surface area contributed by atoms with Crippen LogP contribution in [0.1, 0.15) is 5.56 Å². The maximum absolute atomic E-state index is 13.0. The van der Waals surface area contributed by atoms with Crippen molar-refractivity contribution in [3.8, 4) is 5.75 Å². The molecule has 1 atom stereocenters. The standard InChI is InChI=1S/C11H15FN2O2/c1-14-11(15)9(13)6-7-5-8(12)3-4-10(7)16-2/h3-5,9H,6,13H2,1-2H3,(H,14,15). The number of rotatable bonds is 4. The third kappa shape index (κ3) is 2.93. The fourth-order valence-corrected chi connectivity index (χ4v) is 1.42. The molecule has 0 radical (unpaired) electrons. The Bertz CT molecular complexity index is 382. The van der Waals surface area contributed by atoms with E-state index < -0.39 is 6.04 Å². The van der Waals surface area contributed by atoms with Gasteiger partial charge in [0.1, 0.15) is 11.6 Å². The molecule has 5 heteroatoms. The first kappa shape index (κ1) is 12.4. The number of ether oxygens (including phenoxy) is 1. The predicted octanol–water partition coefficient (Wildman–Crippen LogP) is 0.450. The zero-order chi connectivity index (χ0) is 12.1. The van der Waals surface area contributed by atoms with Crippen molar-refractivity contribution in [2.45, 2.75) is 12.5 Å². The lowest BCUT2D eigenvalue weighted by molar-refractivity contribution is -0.121. The molecule has 0 aliphatic heterocycles. The summed E-state index contributed by atoms with van der Waals surface area (Å²) < 4.78 is 18.1. The summed E-state index contributed by atoms with van der Waals surface area (Å²) in [5.41, 5.74) is 6.23. The van der Waals surface area contributed by atoms with Crippen molar-refractivity contribution < 1.29 is 13.9 Å². The number of benzene rings is 1. The number of likely N-dealkylation sites (N-methyl/N-ethyl adjacent to an activating group) is 1. The van der Waals surface area contributed by atoms with Crippen LogP contribution in [0.2, 0.25) is 0 Å². The van der Waals surface area contributed by atoms with Gasteiger partial charge in [-0.15, -0.1) is 0 Å². The van der Waals surface area contributed by atoms with Crippen LogP contribution >= 0.6 is 0 Å². The maximum Gasteiger partial charge on any atom is 0.237 e. The fourth-order valence-electron chi connectivity index (χ4n) is 1.42. The van der Waals surface area contributed by atoms with Gasteiger partial charge in [0.05, 0.1) is 13.2 Å². The van der Waals surface area contributed by atoms with E-state index in [1.54, 1.807) is 0 Å². The minimum Gasteiger partial charge on any atom is -0.496 e. The normalized spacial score (nSPS) is 12.0. The van der Waals surface area contributed by atoms with Crippen molar-refractivity contribution in [3.63, 3.8) is 0 Å². The molecule has 1 rings (SSSR count). The molecule has 0 saturated heterocycles. The highest BCUT2D eigenvalue weighted by molar-refractivity contribution is 5.81. The second kappa shape index (κ2) is 5.46. The average molecular weight is 226 g/mol. The summed E-state index contributed by atoms with van der Waals surface area (Å²) in [5, 5.41) is 2.44. The van der Waals surface area contributed by atoms with E-state index in [1.807, 2.05) is 0 Å². The molecular formula is C11H15FN2O2. The van der Waals surface area contributed by atoms with E-state index in [2.05, 4.69) is 5.32 Å². The summed E-state index contributed by atoms with van der Waals surface area (Å²) in [5.74, 6) is -0.132. The maximum atomic E-state index is 13.0. The number of methoxy groups -OCH3 is 1. The molecule has 0 heterocycles. The Morgan fingerprint density at radius 2 is 2.31 bits per heavy atom. The van der Waals surface area contributed by atoms with Crippen LogP contribution in [0.3, 0.4) is 0 Å². The molecule has 0 aliphatic rings. The highest BCUT2D eigenvalue weighted by Crippen LogP contribution is 2.20. The largest absolute Gasteiger partial charge is 0.496 e. The number of nitrogens with two attached hydrogens (primary N) is 1. The second-order valence-corrected chi connectivity index (χ2v) is 3.38. The van der Waals surface area contributed by atoms with Gasteiger partial charge in [-0.25, -0.2) is 4.39 Å². The Balaban J connectivity index is 2.86. The van der Waals surface area contributed by atoms with Crippen LogP contribution in [0.25, 0.3) is 0 Å². The Kier molecular flexibility index (Phi) is 4.25. The SMILES string of the molecule is CNC(=O)C(N)Cc1cc(F)ccc1OC. The molecule has 0 saturated carbocycles. The fraction of sp³-hybridized carbons (Fsp3) is 0.364. The molecule has 3 N–H and O–H groups in total. The molecule has 1 aromatic rings. The first-order valence-corrected chi connectivity index (χ1v) is 4.88. The topological polar surface area (TPSA) is 64.4 Å². The van der Waals surface area contributed by atoms with Crippen molar-refractivity contribution in [3.05, 3.63) is 29.6 Å².